The minimum atomic E-state index is 0.149. The Morgan fingerprint density at radius 3 is 2.20 bits per heavy atom. The molecule has 2 nitrogen and oxygen atoms in total. The van der Waals surface area contributed by atoms with Crippen molar-refractivity contribution in [1.29, 1.82) is 5.26 Å². The Bertz CT molecular complexity index is 365. The number of benzene rings is 1. The van der Waals surface area contributed by atoms with Gasteiger partial charge in [-0.1, -0.05) is 17.7 Å². The molecule has 0 saturated heterocycles. The van der Waals surface area contributed by atoms with E-state index in [1.54, 1.807) is 0 Å². The molecular weight excluding hydrogens is 184 g/mol. The highest BCUT2D eigenvalue weighted by Gasteiger charge is 2.14. The van der Waals surface area contributed by atoms with Crippen LogP contribution in [0.5, 0.6) is 0 Å². The van der Waals surface area contributed by atoms with Gasteiger partial charge < -0.3 is 5.32 Å². The van der Waals surface area contributed by atoms with Gasteiger partial charge in [0.1, 0.15) is 0 Å². The van der Waals surface area contributed by atoms with Gasteiger partial charge in [0.2, 0.25) is 0 Å². The lowest BCUT2D eigenvalue weighted by Crippen LogP contribution is -2.18. The molecule has 1 aromatic rings. The monoisotopic (exact) mass is 202 g/mol. The minimum Gasteiger partial charge on any atom is -0.312 e. The number of nitrogens with zero attached hydrogens (tertiary/aromatic N) is 1. The lowest BCUT2D eigenvalue weighted by molar-refractivity contribution is 0.601. The molecule has 80 valence electrons. The largest absolute Gasteiger partial charge is 0.312 e. The first-order valence-corrected chi connectivity index (χ1v) is 5.22. The molecule has 0 aliphatic rings. The van der Waals surface area contributed by atoms with Crippen LogP contribution in [0.15, 0.2) is 12.1 Å². The van der Waals surface area contributed by atoms with E-state index in [1.807, 2.05) is 7.05 Å². The Kier molecular flexibility index (Phi) is 3.88. The zero-order valence-corrected chi connectivity index (χ0v) is 9.89. The number of hydrogen-bond acceptors (Lipinski definition) is 2. The number of aryl methyl sites for hydroxylation is 3. The van der Waals surface area contributed by atoms with E-state index < -0.39 is 0 Å². The molecule has 0 heterocycles. The molecule has 1 N–H and O–H groups in total. The van der Waals surface area contributed by atoms with Crippen molar-refractivity contribution in [2.24, 2.45) is 0 Å². The molecule has 0 radical (unpaired) electrons. The molecule has 0 bridgehead atoms. The number of hydrogen-bond donors (Lipinski definition) is 1. The third kappa shape index (κ3) is 2.57. The smallest absolute Gasteiger partial charge is 0.0641 e. The highest BCUT2D eigenvalue weighted by molar-refractivity contribution is 5.40. The lowest BCUT2D eigenvalue weighted by Gasteiger charge is -2.19. The average molecular weight is 202 g/mol. The van der Waals surface area contributed by atoms with Crippen LogP contribution in [0.4, 0.5) is 0 Å². The zero-order chi connectivity index (χ0) is 11.4. The van der Waals surface area contributed by atoms with E-state index in [0.717, 1.165) is 0 Å². The van der Waals surface area contributed by atoms with Crippen LogP contribution in [-0.2, 0) is 0 Å². The van der Waals surface area contributed by atoms with Gasteiger partial charge in [-0.25, -0.2) is 0 Å². The fourth-order valence-electron chi connectivity index (χ4n) is 2.18. The van der Waals surface area contributed by atoms with E-state index in [-0.39, 0.29) is 6.04 Å². The molecule has 0 fully saturated rings. The Balaban J connectivity index is 3.18. The number of nitriles is 1. The van der Waals surface area contributed by atoms with Crippen molar-refractivity contribution in [2.75, 3.05) is 7.05 Å². The third-order valence-electron chi connectivity index (χ3n) is 2.73. The third-order valence-corrected chi connectivity index (χ3v) is 2.73. The van der Waals surface area contributed by atoms with Crippen molar-refractivity contribution in [1.82, 2.24) is 5.32 Å². The van der Waals surface area contributed by atoms with Gasteiger partial charge in [-0.3, -0.25) is 0 Å². The molecule has 1 rings (SSSR count). The Hall–Kier alpha value is -1.33. The van der Waals surface area contributed by atoms with Crippen molar-refractivity contribution in [3.8, 4) is 6.07 Å². The second-order valence-corrected chi connectivity index (χ2v) is 4.02. The lowest BCUT2D eigenvalue weighted by atomic mass is 9.93. The highest BCUT2D eigenvalue weighted by atomic mass is 14.9. The summed E-state index contributed by atoms with van der Waals surface area (Å²) >= 11 is 0. The molecule has 0 aromatic heterocycles. The number of rotatable bonds is 3. The summed E-state index contributed by atoms with van der Waals surface area (Å²) < 4.78 is 0. The SMILES string of the molecule is CNC(CC#N)c1c(C)cc(C)cc1C. The second-order valence-electron chi connectivity index (χ2n) is 4.02. The molecule has 0 aliphatic heterocycles. The van der Waals surface area contributed by atoms with Gasteiger partial charge in [0.25, 0.3) is 0 Å². The van der Waals surface area contributed by atoms with Crippen LogP contribution in [0, 0.1) is 32.1 Å². The summed E-state index contributed by atoms with van der Waals surface area (Å²) in [5.74, 6) is 0. The normalized spacial score (nSPS) is 12.2. The zero-order valence-electron chi connectivity index (χ0n) is 9.89. The van der Waals surface area contributed by atoms with E-state index in [9.17, 15) is 0 Å². The van der Waals surface area contributed by atoms with Crippen LogP contribution in [0.3, 0.4) is 0 Å². The Morgan fingerprint density at radius 2 is 1.80 bits per heavy atom. The molecule has 2 heteroatoms. The molecule has 0 saturated carbocycles. The van der Waals surface area contributed by atoms with Crippen molar-refractivity contribution < 1.29 is 0 Å². The van der Waals surface area contributed by atoms with Crippen molar-refractivity contribution in [2.45, 2.75) is 33.2 Å². The summed E-state index contributed by atoms with van der Waals surface area (Å²) in [5.41, 5.74) is 5.08. The van der Waals surface area contributed by atoms with Crippen molar-refractivity contribution >= 4 is 0 Å². The topological polar surface area (TPSA) is 35.8 Å². The van der Waals surface area contributed by atoms with Crippen LogP contribution in [0.2, 0.25) is 0 Å². The Labute approximate surface area is 91.9 Å². The van der Waals surface area contributed by atoms with Gasteiger partial charge in [0, 0.05) is 6.04 Å². The first-order chi connectivity index (χ1) is 7.10. The first-order valence-electron chi connectivity index (χ1n) is 5.22. The molecule has 0 aliphatic carbocycles. The highest BCUT2D eigenvalue weighted by Crippen LogP contribution is 2.25. The van der Waals surface area contributed by atoms with Gasteiger partial charge in [0.05, 0.1) is 12.5 Å². The summed E-state index contributed by atoms with van der Waals surface area (Å²) in [6, 6.07) is 6.71. The van der Waals surface area contributed by atoms with E-state index in [2.05, 4.69) is 44.3 Å². The maximum absolute atomic E-state index is 8.78. The van der Waals surface area contributed by atoms with E-state index in [1.165, 1.54) is 22.3 Å². The summed E-state index contributed by atoms with van der Waals surface area (Å²) in [7, 11) is 1.90. The van der Waals surface area contributed by atoms with Gasteiger partial charge in [-0.2, -0.15) is 5.26 Å². The minimum absolute atomic E-state index is 0.149. The van der Waals surface area contributed by atoms with Crippen LogP contribution >= 0.6 is 0 Å². The summed E-state index contributed by atoms with van der Waals surface area (Å²) in [6.07, 6.45) is 0.515. The van der Waals surface area contributed by atoms with Gasteiger partial charge in [-0.05, 0) is 44.5 Å². The summed E-state index contributed by atoms with van der Waals surface area (Å²) in [4.78, 5) is 0. The molecule has 0 amide bonds. The van der Waals surface area contributed by atoms with Crippen LogP contribution in [0.25, 0.3) is 0 Å². The van der Waals surface area contributed by atoms with Crippen LogP contribution in [0.1, 0.15) is 34.7 Å². The predicted octanol–water partition coefficient (Wildman–Crippen LogP) is 2.79. The van der Waals surface area contributed by atoms with E-state index in [4.69, 9.17) is 5.26 Å². The quantitative estimate of drug-likeness (QED) is 0.818. The van der Waals surface area contributed by atoms with Gasteiger partial charge in [-0.15, -0.1) is 0 Å². The van der Waals surface area contributed by atoms with Gasteiger partial charge in [0.15, 0.2) is 0 Å². The predicted molar refractivity (Wildman–Crippen MR) is 62.7 cm³/mol. The molecule has 0 spiro atoms. The molecule has 15 heavy (non-hydrogen) atoms. The number of nitrogens with one attached hydrogen (secondary N) is 1. The molecule has 1 atom stereocenters. The summed E-state index contributed by atoms with van der Waals surface area (Å²) in [5, 5.41) is 12.0. The van der Waals surface area contributed by atoms with Crippen molar-refractivity contribution in [3.63, 3.8) is 0 Å². The summed E-state index contributed by atoms with van der Waals surface area (Å²) in [6.45, 7) is 6.32. The maximum atomic E-state index is 8.78. The molecule has 1 unspecified atom stereocenters. The average Bonchev–Trinajstić information content (AvgIpc) is 2.14. The molecular formula is C13H18N2. The standard InChI is InChI=1S/C13H18N2/c1-9-7-10(2)13(11(3)8-9)12(15-4)5-6-14/h7-8,12,15H,5H2,1-4H3. The van der Waals surface area contributed by atoms with Crippen LogP contribution < -0.4 is 5.32 Å². The molecule has 1 aromatic carbocycles. The Morgan fingerprint density at radius 1 is 1.27 bits per heavy atom. The fourth-order valence-corrected chi connectivity index (χ4v) is 2.18. The van der Waals surface area contributed by atoms with Crippen molar-refractivity contribution in [3.05, 3.63) is 34.4 Å². The maximum Gasteiger partial charge on any atom is 0.0641 e. The second kappa shape index (κ2) is 4.95. The fraction of sp³-hybridized carbons (Fsp3) is 0.462. The van der Waals surface area contributed by atoms with E-state index in [0.29, 0.717) is 6.42 Å². The van der Waals surface area contributed by atoms with E-state index >= 15 is 0 Å². The van der Waals surface area contributed by atoms with Gasteiger partial charge >= 0.3 is 0 Å². The van der Waals surface area contributed by atoms with Crippen LogP contribution in [-0.4, -0.2) is 7.05 Å². The first kappa shape index (κ1) is 11.7.